The molecule has 1 saturated heterocycles. The van der Waals surface area contributed by atoms with E-state index >= 15 is 0 Å². The van der Waals surface area contributed by atoms with Crippen LogP contribution in [-0.2, 0) is 10.0 Å². The predicted molar refractivity (Wildman–Crippen MR) is 118 cm³/mol. The van der Waals surface area contributed by atoms with Crippen molar-refractivity contribution >= 4 is 26.5 Å². The van der Waals surface area contributed by atoms with E-state index in [0.717, 1.165) is 40.7 Å². The van der Waals surface area contributed by atoms with E-state index in [2.05, 4.69) is 41.1 Å². The molecule has 0 spiro atoms. The van der Waals surface area contributed by atoms with E-state index < -0.39 is 10.0 Å². The summed E-state index contributed by atoms with van der Waals surface area (Å²) >= 11 is 1.52. The number of methoxy groups -OCH3 is 1. The Hall–Kier alpha value is -1.68. The van der Waals surface area contributed by atoms with Gasteiger partial charge in [0.25, 0.3) is 0 Å². The average molecular weight is 439 g/mol. The fourth-order valence-corrected chi connectivity index (χ4v) is 5.94. The number of hydrogen-bond donors (Lipinski definition) is 3. The van der Waals surface area contributed by atoms with Crippen molar-refractivity contribution in [2.75, 3.05) is 25.5 Å². The van der Waals surface area contributed by atoms with Crippen molar-refractivity contribution in [3.63, 3.8) is 0 Å². The standard InChI is InChI=1S/C20H30N4O3S2/c1-13-18(28-19(22-13)23-20(2,3)4)14-8-9-16(27-5)17(11-14)29(25,26)24-15-7-6-10-21-12-15/h8-9,11,15,21,24H,6-7,10,12H2,1-5H3,(H,22,23). The molecule has 0 aliphatic carbocycles. The number of rotatable bonds is 6. The molecular formula is C20H30N4O3S2. The summed E-state index contributed by atoms with van der Waals surface area (Å²) in [5.41, 5.74) is 1.57. The van der Waals surface area contributed by atoms with Gasteiger partial charge in [0.05, 0.1) is 17.7 Å². The topological polar surface area (TPSA) is 92.3 Å². The van der Waals surface area contributed by atoms with Gasteiger partial charge in [-0.1, -0.05) is 11.3 Å². The smallest absolute Gasteiger partial charge is 0.244 e. The Balaban J connectivity index is 1.95. The molecule has 0 bridgehead atoms. The van der Waals surface area contributed by atoms with Crippen molar-refractivity contribution in [1.82, 2.24) is 15.0 Å². The summed E-state index contributed by atoms with van der Waals surface area (Å²) in [5.74, 6) is 0.334. The quantitative estimate of drug-likeness (QED) is 0.640. The summed E-state index contributed by atoms with van der Waals surface area (Å²) in [6, 6.07) is 5.15. The fourth-order valence-electron chi connectivity index (χ4n) is 3.30. The van der Waals surface area contributed by atoms with Crippen LogP contribution in [-0.4, -0.2) is 45.2 Å². The molecule has 9 heteroatoms. The molecule has 0 amide bonds. The molecular weight excluding hydrogens is 408 g/mol. The maximum Gasteiger partial charge on any atom is 0.244 e. The summed E-state index contributed by atoms with van der Waals surface area (Å²) in [6.07, 6.45) is 1.78. The molecule has 160 valence electrons. The highest BCUT2D eigenvalue weighted by molar-refractivity contribution is 7.89. The van der Waals surface area contributed by atoms with Crippen LogP contribution in [0.4, 0.5) is 5.13 Å². The number of aryl methyl sites for hydroxylation is 1. The number of thiazole rings is 1. The zero-order valence-corrected chi connectivity index (χ0v) is 19.3. The lowest BCUT2D eigenvalue weighted by Gasteiger charge is -2.24. The second kappa shape index (κ2) is 8.59. The van der Waals surface area contributed by atoms with Gasteiger partial charge in [-0.2, -0.15) is 0 Å². The second-order valence-electron chi connectivity index (χ2n) is 8.34. The minimum Gasteiger partial charge on any atom is -0.495 e. The molecule has 0 saturated carbocycles. The lowest BCUT2D eigenvalue weighted by Crippen LogP contribution is -2.45. The number of benzene rings is 1. The molecule has 0 radical (unpaired) electrons. The Morgan fingerprint density at radius 1 is 1.31 bits per heavy atom. The maximum atomic E-state index is 13.1. The molecule has 7 nitrogen and oxygen atoms in total. The summed E-state index contributed by atoms with van der Waals surface area (Å²) in [5, 5.41) is 7.43. The van der Waals surface area contributed by atoms with Gasteiger partial charge in [-0.15, -0.1) is 0 Å². The largest absolute Gasteiger partial charge is 0.495 e. The minimum atomic E-state index is -3.71. The molecule has 1 fully saturated rings. The van der Waals surface area contributed by atoms with Crippen LogP contribution in [0, 0.1) is 6.92 Å². The molecule has 1 aliphatic rings. The van der Waals surface area contributed by atoms with Crippen LogP contribution in [0.2, 0.25) is 0 Å². The van der Waals surface area contributed by atoms with Crippen molar-refractivity contribution in [3.8, 4) is 16.2 Å². The van der Waals surface area contributed by atoms with Crippen molar-refractivity contribution in [2.24, 2.45) is 0 Å². The fraction of sp³-hybridized carbons (Fsp3) is 0.550. The van der Waals surface area contributed by atoms with Crippen LogP contribution in [0.5, 0.6) is 5.75 Å². The van der Waals surface area contributed by atoms with E-state index in [9.17, 15) is 8.42 Å². The molecule has 1 aliphatic heterocycles. The van der Waals surface area contributed by atoms with Gasteiger partial charge in [-0.3, -0.25) is 0 Å². The molecule has 3 rings (SSSR count). The van der Waals surface area contributed by atoms with E-state index in [4.69, 9.17) is 4.74 Å². The van der Waals surface area contributed by atoms with Crippen molar-refractivity contribution < 1.29 is 13.2 Å². The Kier molecular flexibility index (Phi) is 6.52. The number of hydrogen-bond acceptors (Lipinski definition) is 7. The molecule has 2 heterocycles. The average Bonchev–Trinajstić information content (AvgIpc) is 3.00. The first-order valence-electron chi connectivity index (χ1n) is 9.76. The maximum absolute atomic E-state index is 13.1. The third-order valence-electron chi connectivity index (χ3n) is 4.61. The van der Waals surface area contributed by atoms with Gasteiger partial charge in [-0.05, 0) is 70.8 Å². The van der Waals surface area contributed by atoms with E-state index in [-0.39, 0.29) is 16.5 Å². The Morgan fingerprint density at radius 3 is 2.69 bits per heavy atom. The molecule has 1 aromatic carbocycles. The number of ether oxygens (including phenoxy) is 1. The van der Waals surface area contributed by atoms with Crippen LogP contribution < -0.4 is 20.1 Å². The van der Waals surface area contributed by atoms with Crippen molar-refractivity contribution in [3.05, 3.63) is 23.9 Å². The zero-order valence-electron chi connectivity index (χ0n) is 17.6. The van der Waals surface area contributed by atoms with Gasteiger partial charge in [0.1, 0.15) is 10.6 Å². The van der Waals surface area contributed by atoms with E-state index in [0.29, 0.717) is 12.3 Å². The van der Waals surface area contributed by atoms with Crippen LogP contribution in [0.25, 0.3) is 10.4 Å². The first kappa shape index (κ1) is 22.0. The van der Waals surface area contributed by atoms with Gasteiger partial charge in [0.2, 0.25) is 10.0 Å². The molecule has 1 unspecified atom stereocenters. The summed E-state index contributed by atoms with van der Waals surface area (Å²) in [4.78, 5) is 5.70. The van der Waals surface area contributed by atoms with Gasteiger partial charge >= 0.3 is 0 Å². The molecule has 2 aromatic rings. The number of nitrogens with one attached hydrogen (secondary N) is 3. The second-order valence-corrected chi connectivity index (χ2v) is 11.0. The molecule has 29 heavy (non-hydrogen) atoms. The Labute approximate surface area is 177 Å². The molecule has 1 aromatic heterocycles. The Bertz CT molecular complexity index is 959. The van der Waals surface area contributed by atoms with E-state index in [1.165, 1.54) is 18.4 Å². The first-order chi connectivity index (χ1) is 13.6. The van der Waals surface area contributed by atoms with Gasteiger partial charge in [0, 0.05) is 18.1 Å². The van der Waals surface area contributed by atoms with Crippen LogP contribution >= 0.6 is 11.3 Å². The third-order valence-corrected chi connectivity index (χ3v) is 7.28. The number of anilines is 1. The summed E-state index contributed by atoms with van der Waals surface area (Å²) in [6.45, 7) is 9.72. The van der Waals surface area contributed by atoms with Crippen molar-refractivity contribution in [1.29, 1.82) is 0 Å². The number of sulfonamides is 1. The molecule has 1 atom stereocenters. The predicted octanol–water partition coefficient (Wildman–Crippen LogP) is 3.37. The highest BCUT2D eigenvalue weighted by Gasteiger charge is 2.26. The van der Waals surface area contributed by atoms with Crippen LogP contribution in [0.15, 0.2) is 23.1 Å². The Morgan fingerprint density at radius 2 is 2.07 bits per heavy atom. The van der Waals surface area contributed by atoms with E-state index in [1.807, 2.05) is 13.0 Å². The third kappa shape index (κ3) is 5.48. The van der Waals surface area contributed by atoms with Gasteiger partial charge < -0.3 is 15.4 Å². The SMILES string of the molecule is COc1ccc(-c2sc(NC(C)(C)C)nc2C)cc1S(=O)(=O)NC1CCCNC1. The van der Waals surface area contributed by atoms with Crippen LogP contribution in [0.3, 0.4) is 0 Å². The zero-order chi connectivity index (χ0) is 21.2. The first-order valence-corrected chi connectivity index (χ1v) is 12.1. The van der Waals surface area contributed by atoms with Gasteiger partial charge in [-0.25, -0.2) is 18.1 Å². The molecule has 3 N–H and O–H groups in total. The normalized spacial score (nSPS) is 17.9. The number of nitrogens with zero attached hydrogens (tertiary/aromatic N) is 1. The summed E-state index contributed by atoms with van der Waals surface area (Å²) in [7, 11) is -2.23. The summed E-state index contributed by atoms with van der Waals surface area (Å²) < 4.78 is 34.4. The van der Waals surface area contributed by atoms with Crippen LogP contribution in [0.1, 0.15) is 39.3 Å². The highest BCUT2D eigenvalue weighted by atomic mass is 32.2. The minimum absolute atomic E-state index is 0.103. The lowest BCUT2D eigenvalue weighted by molar-refractivity contribution is 0.399. The number of piperidine rings is 1. The van der Waals surface area contributed by atoms with Gasteiger partial charge in [0.15, 0.2) is 5.13 Å². The highest BCUT2D eigenvalue weighted by Crippen LogP contribution is 2.37. The lowest BCUT2D eigenvalue weighted by atomic mass is 10.1. The number of aromatic nitrogens is 1. The van der Waals surface area contributed by atoms with E-state index in [1.54, 1.807) is 12.1 Å². The monoisotopic (exact) mass is 438 g/mol. The van der Waals surface area contributed by atoms with Crippen molar-refractivity contribution in [2.45, 2.75) is 57.0 Å².